The minimum absolute atomic E-state index is 0.194. The Kier molecular flexibility index (Phi) is 5.11. The van der Waals surface area contributed by atoms with Crippen LogP contribution in [0.4, 0.5) is 5.69 Å². The summed E-state index contributed by atoms with van der Waals surface area (Å²) in [5.41, 5.74) is 2.91. The largest absolute Gasteiger partial charge is 0.387 e. The molecule has 170 valence electrons. The van der Waals surface area contributed by atoms with Crippen molar-refractivity contribution in [1.29, 1.82) is 0 Å². The maximum Gasteiger partial charge on any atom is 0.232 e. The molecule has 0 aromatic carbocycles. The number of aliphatic hydroxyl groups excluding tert-OH is 1. The molecular weight excluding hydrogens is 467 g/mol. The molecule has 2 atom stereocenters. The monoisotopic (exact) mass is 486 g/mol. The third-order valence-corrected chi connectivity index (χ3v) is 6.21. The van der Waals surface area contributed by atoms with Gasteiger partial charge in [0.2, 0.25) is 5.91 Å². The Morgan fingerprint density at radius 1 is 1.21 bits per heavy atom. The molecule has 2 N–H and O–H groups in total. The van der Waals surface area contributed by atoms with Gasteiger partial charge in [-0.15, -0.1) is 9.90 Å². The summed E-state index contributed by atoms with van der Waals surface area (Å²) in [7, 11) is 0. The van der Waals surface area contributed by atoms with Gasteiger partial charge in [-0.1, -0.05) is 37.0 Å². The summed E-state index contributed by atoms with van der Waals surface area (Å²) in [6.45, 7) is 5.73. The lowest BCUT2D eigenvalue weighted by Crippen LogP contribution is -2.21. The highest BCUT2D eigenvalue weighted by Crippen LogP contribution is 2.46. The van der Waals surface area contributed by atoms with Crippen molar-refractivity contribution < 1.29 is 9.90 Å². The summed E-state index contributed by atoms with van der Waals surface area (Å²) >= 11 is 12.5. The van der Waals surface area contributed by atoms with E-state index in [0.29, 0.717) is 28.6 Å². The second kappa shape index (κ2) is 7.75. The molecule has 4 aromatic rings. The molecule has 0 aliphatic heterocycles. The van der Waals surface area contributed by atoms with Crippen LogP contribution < -0.4 is 5.32 Å². The van der Waals surface area contributed by atoms with Crippen LogP contribution in [0.25, 0.3) is 11.5 Å². The highest BCUT2D eigenvalue weighted by atomic mass is 35.5. The quantitative estimate of drug-likeness (QED) is 0.452. The first-order valence-corrected chi connectivity index (χ1v) is 11.0. The second-order valence-corrected chi connectivity index (χ2v) is 9.49. The molecule has 0 radical (unpaired) electrons. The standard InChI is InChI=1S/C21H20Cl2N8O2/c1-10(32)15-9-26-31(28-15)19-14(22)4-11(7-25-19)27-20(33)12-6-21(2,3)18-13(12)8-24-17-5-16(23)29-30(17)18/h4-5,7-10,12,32H,6H2,1-3H3,(H,27,33)/t10-,12?/m0/s1. The summed E-state index contributed by atoms with van der Waals surface area (Å²) in [4.78, 5) is 23.2. The minimum atomic E-state index is -0.761. The lowest BCUT2D eigenvalue weighted by Gasteiger charge is -2.19. The predicted octanol–water partition coefficient (Wildman–Crippen LogP) is 3.47. The molecule has 1 aliphatic carbocycles. The van der Waals surface area contributed by atoms with Crippen LogP contribution in [0.2, 0.25) is 10.2 Å². The number of amides is 1. The molecule has 0 saturated heterocycles. The third kappa shape index (κ3) is 3.73. The molecule has 33 heavy (non-hydrogen) atoms. The Morgan fingerprint density at radius 3 is 2.70 bits per heavy atom. The van der Waals surface area contributed by atoms with Crippen molar-refractivity contribution in [2.24, 2.45) is 0 Å². The zero-order valence-electron chi connectivity index (χ0n) is 18.0. The number of rotatable bonds is 4. The number of pyridine rings is 1. The van der Waals surface area contributed by atoms with E-state index < -0.39 is 12.0 Å². The van der Waals surface area contributed by atoms with E-state index in [2.05, 4.69) is 44.4 Å². The van der Waals surface area contributed by atoms with Crippen LogP contribution in [0, 0.1) is 0 Å². The predicted molar refractivity (Wildman–Crippen MR) is 122 cm³/mol. The van der Waals surface area contributed by atoms with Crippen LogP contribution in [0.3, 0.4) is 0 Å². The molecule has 4 heterocycles. The van der Waals surface area contributed by atoms with Gasteiger partial charge in [-0.25, -0.2) is 14.5 Å². The Balaban J connectivity index is 1.41. The van der Waals surface area contributed by atoms with E-state index >= 15 is 0 Å². The number of carbonyl (C=O) groups excluding carboxylic acids is 1. The third-order valence-electron chi connectivity index (χ3n) is 5.75. The molecule has 0 fully saturated rings. The van der Waals surface area contributed by atoms with Crippen molar-refractivity contribution in [2.45, 2.75) is 44.6 Å². The van der Waals surface area contributed by atoms with Crippen molar-refractivity contribution in [3.63, 3.8) is 0 Å². The number of carbonyl (C=O) groups is 1. The fourth-order valence-electron chi connectivity index (χ4n) is 4.25. The van der Waals surface area contributed by atoms with Gasteiger partial charge < -0.3 is 10.4 Å². The number of anilines is 1. The van der Waals surface area contributed by atoms with E-state index in [0.717, 1.165) is 11.3 Å². The number of halogens is 2. The first kappa shape index (κ1) is 21.7. The van der Waals surface area contributed by atoms with Crippen LogP contribution in [0.5, 0.6) is 0 Å². The maximum atomic E-state index is 13.2. The highest BCUT2D eigenvalue weighted by molar-refractivity contribution is 6.32. The zero-order valence-corrected chi connectivity index (χ0v) is 19.5. The van der Waals surface area contributed by atoms with Crippen LogP contribution in [0.15, 0.2) is 30.7 Å². The van der Waals surface area contributed by atoms with Crippen molar-refractivity contribution in [3.05, 3.63) is 57.9 Å². The van der Waals surface area contributed by atoms with E-state index in [4.69, 9.17) is 23.2 Å². The number of aliphatic hydroxyl groups is 1. The molecule has 4 aromatic heterocycles. The average Bonchev–Trinajstić information content (AvgIpc) is 3.43. The lowest BCUT2D eigenvalue weighted by molar-refractivity contribution is -0.117. The van der Waals surface area contributed by atoms with Gasteiger partial charge in [0.05, 0.1) is 40.8 Å². The summed E-state index contributed by atoms with van der Waals surface area (Å²) < 4.78 is 1.72. The maximum absolute atomic E-state index is 13.2. The van der Waals surface area contributed by atoms with Crippen LogP contribution in [0.1, 0.15) is 56.2 Å². The van der Waals surface area contributed by atoms with Crippen molar-refractivity contribution in [3.8, 4) is 5.82 Å². The van der Waals surface area contributed by atoms with Crippen LogP contribution >= 0.6 is 23.2 Å². The summed E-state index contributed by atoms with van der Waals surface area (Å²) in [5, 5.41) is 25.7. The summed E-state index contributed by atoms with van der Waals surface area (Å²) in [6.07, 6.45) is 4.47. The van der Waals surface area contributed by atoms with E-state index in [1.165, 1.54) is 17.2 Å². The van der Waals surface area contributed by atoms with Gasteiger partial charge >= 0.3 is 0 Å². The molecule has 1 unspecified atom stereocenters. The van der Waals surface area contributed by atoms with Gasteiger partial charge in [-0.05, 0) is 19.4 Å². The van der Waals surface area contributed by atoms with E-state index in [-0.39, 0.29) is 22.2 Å². The lowest BCUT2D eigenvalue weighted by atomic mass is 9.88. The van der Waals surface area contributed by atoms with Crippen molar-refractivity contribution in [1.82, 2.24) is 34.6 Å². The number of nitrogens with one attached hydrogen (secondary N) is 1. The Bertz CT molecular complexity index is 1390. The van der Waals surface area contributed by atoms with E-state index in [1.807, 2.05) is 0 Å². The van der Waals surface area contributed by atoms with Gasteiger partial charge in [0, 0.05) is 23.2 Å². The first-order chi connectivity index (χ1) is 15.6. The molecule has 1 amide bonds. The van der Waals surface area contributed by atoms with Crippen LogP contribution in [-0.4, -0.2) is 45.6 Å². The molecule has 1 aliphatic rings. The normalized spacial score (nSPS) is 17.8. The number of fused-ring (bicyclic) bond motifs is 3. The summed E-state index contributed by atoms with van der Waals surface area (Å²) in [5.74, 6) is -0.328. The molecular formula is C21H20Cl2N8O2. The molecule has 10 nitrogen and oxygen atoms in total. The summed E-state index contributed by atoms with van der Waals surface area (Å²) in [6, 6.07) is 3.28. The Hall–Kier alpha value is -3.08. The molecule has 12 heteroatoms. The van der Waals surface area contributed by atoms with Gasteiger partial charge in [-0.2, -0.15) is 10.2 Å². The Morgan fingerprint density at radius 2 is 2.00 bits per heavy atom. The fraction of sp³-hybridized carbons (Fsp3) is 0.333. The van der Waals surface area contributed by atoms with E-state index in [1.54, 1.807) is 29.8 Å². The number of hydrogen-bond donors (Lipinski definition) is 2. The first-order valence-electron chi connectivity index (χ1n) is 10.3. The molecule has 0 saturated carbocycles. The van der Waals surface area contributed by atoms with Crippen molar-refractivity contribution in [2.75, 3.05) is 5.32 Å². The Labute approximate surface area is 198 Å². The smallest absolute Gasteiger partial charge is 0.232 e. The van der Waals surface area contributed by atoms with Gasteiger partial charge in [0.15, 0.2) is 16.6 Å². The SMILES string of the molecule is C[C@H](O)c1cnn(-c2ncc(NC(=O)C3CC(C)(C)c4c3cnc3cc(Cl)nn43)cc2Cl)n1. The van der Waals surface area contributed by atoms with Gasteiger partial charge in [0.25, 0.3) is 0 Å². The van der Waals surface area contributed by atoms with E-state index in [9.17, 15) is 9.90 Å². The van der Waals surface area contributed by atoms with Crippen LogP contribution in [-0.2, 0) is 10.2 Å². The topological polar surface area (TPSA) is 123 Å². The second-order valence-electron chi connectivity index (χ2n) is 8.69. The van der Waals surface area contributed by atoms with Gasteiger partial charge in [-0.3, -0.25) is 4.79 Å². The molecule has 0 bridgehead atoms. The molecule has 0 spiro atoms. The zero-order chi connectivity index (χ0) is 23.5. The highest BCUT2D eigenvalue weighted by Gasteiger charge is 2.43. The molecule has 5 rings (SSSR count). The number of hydrogen-bond acceptors (Lipinski definition) is 7. The number of aromatic nitrogens is 7. The minimum Gasteiger partial charge on any atom is -0.387 e. The number of nitrogens with zero attached hydrogens (tertiary/aromatic N) is 7. The van der Waals surface area contributed by atoms with Crippen molar-refractivity contribution >= 4 is 40.4 Å². The average molecular weight is 487 g/mol. The fourth-order valence-corrected chi connectivity index (χ4v) is 4.66. The van der Waals surface area contributed by atoms with Gasteiger partial charge in [0.1, 0.15) is 5.69 Å².